The number of benzene rings is 2. The van der Waals surface area contributed by atoms with Gasteiger partial charge in [0.15, 0.2) is 0 Å². The Morgan fingerprint density at radius 3 is 2.50 bits per heavy atom. The molecule has 0 saturated carbocycles. The van der Waals surface area contributed by atoms with Gasteiger partial charge in [0.05, 0.1) is 12.1 Å². The molecule has 1 atom stereocenters. The smallest absolute Gasteiger partial charge is 0.118 e. The summed E-state index contributed by atoms with van der Waals surface area (Å²) in [4.78, 5) is 0. The van der Waals surface area contributed by atoms with Gasteiger partial charge < -0.3 is 10.1 Å². The summed E-state index contributed by atoms with van der Waals surface area (Å²) in [5, 5.41) is 4.23. The third-order valence-electron chi connectivity index (χ3n) is 3.21. The van der Waals surface area contributed by atoms with Crippen LogP contribution >= 0.6 is 27.5 Å². The highest BCUT2D eigenvalue weighted by atomic mass is 79.9. The Kier molecular flexibility index (Phi) is 5.46. The van der Waals surface area contributed by atoms with Crippen LogP contribution in [0.5, 0.6) is 5.75 Å². The van der Waals surface area contributed by atoms with Crippen molar-refractivity contribution in [2.45, 2.75) is 19.5 Å². The molecule has 2 rings (SSSR count). The maximum absolute atomic E-state index is 5.99. The van der Waals surface area contributed by atoms with E-state index in [0.717, 1.165) is 21.8 Å². The molecular formula is C16H17BrClNO. The van der Waals surface area contributed by atoms with Crippen molar-refractivity contribution in [1.82, 2.24) is 5.32 Å². The zero-order chi connectivity index (χ0) is 14.5. The number of rotatable bonds is 5. The van der Waals surface area contributed by atoms with Gasteiger partial charge in [0.2, 0.25) is 0 Å². The van der Waals surface area contributed by atoms with Crippen molar-refractivity contribution in [1.29, 1.82) is 0 Å². The summed E-state index contributed by atoms with van der Waals surface area (Å²) in [7, 11) is 1.68. The molecule has 0 aliphatic carbocycles. The van der Waals surface area contributed by atoms with Crippen LogP contribution < -0.4 is 10.1 Å². The van der Waals surface area contributed by atoms with E-state index in [0.29, 0.717) is 0 Å². The van der Waals surface area contributed by atoms with Crippen LogP contribution in [0.4, 0.5) is 0 Å². The van der Waals surface area contributed by atoms with Gasteiger partial charge in [-0.05, 0) is 58.2 Å². The second kappa shape index (κ2) is 7.11. The van der Waals surface area contributed by atoms with Gasteiger partial charge >= 0.3 is 0 Å². The predicted octanol–water partition coefficient (Wildman–Crippen LogP) is 4.96. The molecule has 20 heavy (non-hydrogen) atoms. The Balaban J connectivity index is 1.96. The Labute approximate surface area is 133 Å². The van der Waals surface area contributed by atoms with Crippen LogP contribution in [0.15, 0.2) is 46.9 Å². The molecule has 0 radical (unpaired) electrons. The second-order valence-corrected chi connectivity index (χ2v) is 5.89. The number of nitrogens with one attached hydrogen (secondary N) is 1. The average Bonchev–Trinajstić information content (AvgIpc) is 2.48. The van der Waals surface area contributed by atoms with Crippen LogP contribution in [0.1, 0.15) is 24.1 Å². The minimum atomic E-state index is 0.273. The van der Waals surface area contributed by atoms with Gasteiger partial charge in [0.1, 0.15) is 5.75 Å². The topological polar surface area (TPSA) is 21.3 Å². The molecule has 106 valence electrons. The van der Waals surface area contributed by atoms with Crippen molar-refractivity contribution in [3.8, 4) is 5.75 Å². The van der Waals surface area contributed by atoms with Crippen LogP contribution in [0.25, 0.3) is 0 Å². The number of halogens is 2. The average molecular weight is 355 g/mol. The lowest BCUT2D eigenvalue weighted by molar-refractivity contribution is 0.414. The van der Waals surface area contributed by atoms with Crippen molar-refractivity contribution >= 4 is 27.5 Å². The van der Waals surface area contributed by atoms with Gasteiger partial charge in [-0.2, -0.15) is 0 Å². The molecule has 0 bridgehead atoms. The third-order valence-corrected chi connectivity index (χ3v) is 4.43. The van der Waals surface area contributed by atoms with Crippen molar-refractivity contribution in [3.63, 3.8) is 0 Å². The first-order valence-corrected chi connectivity index (χ1v) is 7.58. The molecule has 0 amide bonds. The molecule has 2 aromatic carbocycles. The van der Waals surface area contributed by atoms with E-state index in [1.807, 2.05) is 30.3 Å². The van der Waals surface area contributed by atoms with E-state index in [4.69, 9.17) is 16.3 Å². The van der Waals surface area contributed by atoms with Gasteiger partial charge in [-0.15, -0.1) is 0 Å². The normalized spacial score (nSPS) is 12.2. The summed E-state index contributed by atoms with van der Waals surface area (Å²) in [5.41, 5.74) is 2.43. The molecule has 0 heterocycles. The van der Waals surface area contributed by atoms with Crippen LogP contribution in [0.2, 0.25) is 5.02 Å². The zero-order valence-corrected chi connectivity index (χ0v) is 13.8. The summed E-state index contributed by atoms with van der Waals surface area (Å²) in [6.07, 6.45) is 0. The van der Waals surface area contributed by atoms with Crippen molar-refractivity contribution in [2.24, 2.45) is 0 Å². The van der Waals surface area contributed by atoms with E-state index in [2.05, 4.69) is 40.3 Å². The fraction of sp³-hybridized carbons (Fsp3) is 0.250. The fourth-order valence-corrected chi connectivity index (χ4v) is 2.47. The SMILES string of the molecule is COc1ccc([C@@H](C)NCc2ccc(Cl)c(Br)c2)cc1. The van der Waals surface area contributed by atoms with Crippen molar-refractivity contribution in [3.05, 3.63) is 63.1 Å². The Bertz CT molecular complexity index is 571. The van der Waals surface area contributed by atoms with Gasteiger partial charge in [-0.25, -0.2) is 0 Å². The lowest BCUT2D eigenvalue weighted by Crippen LogP contribution is -2.18. The summed E-state index contributed by atoms with van der Waals surface area (Å²) in [6, 6.07) is 14.4. The molecule has 0 aliphatic heterocycles. The zero-order valence-electron chi connectivity index (χ0n) is 11.5. The Morgan fingerprint density at radius 1 is 1.20 bits per heavy atom. The first-order valence-electron chi connectivity index (χ1n) is 6.41. The van der Waals surface area contributed by atoms with E-state index in [1.54, 1.807) is 7.11 Å². The molecule has 0 fully saturated rings. The summed E-state index contributed by atoms with van der Waals surface area (Å²) >= 11 is 9.43. The van der Waals surface area contributed by atoms with Crippen molar-refractivity contribution < 1.29 is 4.74 Å². The minimum Gasteiger partial charge on any atom is -0.497 e. The summed E-state index contributed by atoms with van der Waals surface area (Å²) in [6.45, 7) is 2.94. The van der Waals surface area contributed by atoms with E-state index in [1.165, 1.54) is 11.1 Å². The number of hydrogen-bond donors (Lipinski definition) is 1. The molecule has 0 saturated heterocycles. The highest BCUT2D eigenvalue weighted by molar-refractivity contribution is 9.10. The van der Waals surface area contributed by atoms with Gasteiger partial charge in [0.25, 0.3) is 0 Å². The van der Waals surface area contributed by atoms with E-state index in [-0.39, 0.29) is 6.04 Å². The van der Waals surface area contributed by atoms with Crippen LogP contribution in [0.3, 0.4) is 0 Å². The molecule has 0 spiro atoms. The van der Waals surface area contributed by atoms with E-state index < -0.39 is 0 Å². The minimum absolute atomic E-state index is 0.273. The molecule has 1 N–H and O–H groups in total. The monoisotopic (exact) mass is 353 g/mol. The van der Waals surface area contributed by atoms with Crippen molar-refractivity contribution in [2.75, 3.05) is 7.11 Å². The van der Waals surface area contributed by atoms with Gasteiger partial charge in [0, 0.05) is 17.1 Å². The lowest BCUT2D eigenvalue weighted by Gasteiger charge is -2.15. The van der Waals surface area contributed by atoms with E-state index >= 15 is 0 Å². The van der Waals surface area contributed by atoms with E-state index in [9.17, 15) is 0 Å². The van der Waals surface area contributed by atoms with Crippen LogP contribution in [-0.4, -0.2) is 7.11 Å². The highest BCUT2D eigenvalue weighted by Crippen LogP contribution is 2.24. The number of hydrogen-bond acceptors (Lipinski definition) is 2. The van der Waals surface area contributed by atoms with Gasteiger partial charge in [-0.3, -0.25) is 0 Å². The summed E-state index contributed by atoms with van der Waals surface area (Å²) in [5.74, 6) is 0.877. The molecular weight excluding hydrogens is 338 g/mol. The maximum atomic E-state index is 5.99. The molecule has 0 aromatic heterocycles. The molecule has 2 aromatic rings. The maximum Gasteiger partial charge on any atom is 0.118 e. The quantitative estimate of drug-likeness (QED) is 0.819. The largest absolute Gasteiger partial charge is 0.497 e. The highest BCUT2D eigenvalue weighted by Gasteiger charge is 2.06. The predicted molar refractivity (Wildman–Crippen MR) is 87.4 cm³/mol. The fourth-order valence-electron chi connectivity index (χ4n) is 1.93. The van der Waals surface area contributed by atoms with Gasteiger partial charge in [-0.1, -0.05) is 29.8 Å². The van der Waals surface area contributed by atoms with Crippen LogP contribution in [-0.2, 0) is 6.54 Å². The first-order chi connectivity index (χ1) is 9.60. The molecule has 0 unspecified atom stereocenters. The second-order valence-electron chi connectivity index (χ2n) is 4.62. The third kappa shape index (κ3) is 3.98. The Hall–Kier alpha value is -1.03. The lowest BCUT2D eigenvalue weighted by atomic mass is 10.1. The molecule has 0 aliphatic rings. The summed E-state index contributed by atoms with van der Waals surface area (Å²) < 4.78 is 6.09. The van der Waals surface area contributed by atoms with Crippen LogP contribution in [0, 0.1) is 0 Å². The Morgan fingerprint density at radius 2 is 1.90 bits per heavy atom. The number of ether oxygens (including phenoxy) is 1. The first kappa shape index (κ1) is 15.4. The molecule has 2 nitrogen and oxygen atoms in total. The standard InChI is InChI=1S/C16H17BrClNO/c1-11(13-4-6-14(20-2)7-5-13)19-10-12-3-8-16(18)15(17)9-12/h3-9,11,19H,10H2,1-2H3/t11-/m1/s1. The number of methoxy groups -OCH3 is 1. The molecule has 4 heteroatoms.